The fourth-order valence-corrected chi connectivity index (χ4v) is 5.65. The zero-order valence-electron chi connectivity index (χ0n) is 14.4. The van der Waals surface area contributed by atoms with Crippen molar-refractivity contribution in [1.29, 1.82) is 0 Å². The van der Waals surface area contributed by atoms with Gasteiger partial charge in [-0.15, -0.1) is 12.4 Å². The van der Waals surface area contributed by atoms with E-state index in [4.69, 9.17) is 0 Å². The van der Waals surface area contributed by atoms with E-state index in [2.05, 4.69) is 10.0 Å². The maximum atomic E-state index is 12.6. The molecule has 10 heteroatoms. The van der Waals surface area contributed by atoms with Gasteiger partial charge in [-0.3, -0.25) is 0 Å². The molecule has 1 saturated heterocycles. The summed E-state index contributed by atoms with van der Waals surface area (Å²) >= 11 is 0. The summed E-state index contributed by atoms with van der Waals surface area (Å²) in [6.45, 7) is 5.63. The molecule has 0 unspecified atom stereocenters. The molecule has 0 aromatic heterocycles. The maximum absolute atomic E-state index is 12.6. The molecule has 1 atom stereocenters. The van der Waals surface area contributed by atoms with Gasteiger partial charge in [-0.2, -0.15) is 4.31 Å². The van der Waals surface area contributed by atoms with E-state index in [1.165, 1.54) is 28.6 Å². The van der Waals surface area contributed by atoms with E-state index in [9.17, 15) is 16.8 Å². The highest BCUT2D eigenvalue weighted by atomic mass is 35.5. The van der Waals surface area contributed by atoms with Crippen molar-refractivity contribution in [3.63, 3.8) is 0 Å². The van der Waals surface area contributed by atoms with E-state index >= 15 is 0 Å². The largest absolute Gasteiger partial charge is 0.315 e. The van der Waals surface area contributed by atoms with Crippen LogP contribution in [0.5, 0.6) is 0 Å². The minimum Gasteiger partial charge on any atom is -0.315 e. The molecule has 0 amide bonds. The van der Waals surface area contributed by atoms with Crippen LogP contribution in [0.1, 0.15) is 26.7 Å². The molecule has 2 N–H and O–H groups in total. The van der Waals surface area contributed by atoms with E-state index in [1.807, 2.05) is 0 Å². The molecule has 0 aliphatic carbocycles. The monoisotopic (exact) mass is 411 g/mol. The van der Waals surface area contributed by atoms with Crippen LogP contribution in [0.2, 0.25) is 0 Å². The van der Waals surface area contributed by atoms with Crippen molar-refractivity contribution in [3.8, 4) is 0 Å². The van der Waals surface area contributed by atoms with Gasteiger partial charge >= 0.3 is 0 Å². The average molecular weight is 412 g/mol. The molecule has 7 nitrogen and oxygen atoms in total. The molecule has 1 aliphatic heterocycles. The van der Waals surface area contributed by atoms with Crippen molar-refractivity contribution in [3.05, 3.63) is 24.3 Å². The molecule has 0 radical (unpaired) electrons. The highest BCUT2D eigenvalue weighted by Crippen LogP contribution is 2.20. The summed E-state index contributed by atoms with van der Waals surface area (Å²) in [6, 6.07) is 5.36. The van der Waals surface area contributed by atoms with Crippen LogP contribution < -0.4 is 10.0 Å². The number of halogens is 1. The second-order valence-corrected chi connectivity index (χ2v) is 9.38. The van der Waals surface area contributed by atoms with Crippen LogP contribution in [0.4, 0.5) is 0 Å². The Morgan fingerprint density at radius 2 is 1.80 bits per heavy atom. The number of nitrogens with one attached hydrogen (secondary N) is 2. The Balaban J connectivity index is 0.00000312. The average Bonchev–Trinajstić information content (AvgIpc) is 2.56. The molecule has 25 heavy (non-hydrogen) atoms. The number of hydrogen-bond acceptors (Lipinski definition) is 5. The first-order valence-electron chi connectivity index (χ1n) is 8.14. The van der Waals surface area contributed by atoms with Gasteiger partial charge in [-0.25, -0.2) is 21.6 Å². The first-order chi connectivity index (χ1) is 11.3. The van der Waals surface area contributed by atoms with Gasteiger partial charge in [0.15, 0.2) is 0 Å². The van der Waals surface area contributed by atoms with Gasteiger partial charge in [0, 0.05) is 25.7 Å². The fraction of sp³-hybridized carbons (Fsp3) is 0.600. The first-order valence-corrected chi connectivity index (χ1v) is 11.1. The van der Waals surface area contributed by atoms with Gasteiger partial charge in [0.05, 0.1) is 9.79 Å². The van der Waals surface area contributed by atoms with Gasteiger partial charge in [-0.1, -0.05) is 19.9 Å². The van der Waals surface area contributed by atoms with Crippen LogP contribution in [-0.4, -0.2) is 53.4 Å². The summed E-state index contributed by atoms with van der Waals surface area (Å²) < 4.78 is 54.2. The summed E-state index contributed by atoms with van der Waals surface area (Å²) in [5, 5.41) is 3.15. The van der Waals surface area contributed by atoms with Gasteiger partial charge in [0.1, 0.15) is 0 Å². The smallest absolute Gasteiger partial charge is 0.243 e. The predicted octanol–water partition coefficient (Wildman–Crippen LogP) is 1.17. The molecule has 1 aliphatic rings. The molecule has 1 aromatic carbocycles. The number of benzene rings is 1. The van der Waals surface area contributed by atoms with Crippen LogP contribution in [0.15, 0.2) is 34.1 Å². The second-order valence-electron chi connectivity index (χ2n) is 5.73. The molecular formula is C15H26ClN3O4S2. The third kappa shape index (κ3) is 5.38. The summed E-state index contributed by atoms with van der Waals surface area (Å²) in [6.07, 6.45) is 1.67. The van der Waals surface area contributed by atoms with Crippen molar-refractivity contribution in [2.45, 2.75) is 42.5 Å². The third-order valence-corrected chi connectivity index (χ3v) is 7.64. The molecule has 1 heterocycles. The molecule has 0 bridgehead atoms. The van der Waals surface area contributed by atoms with E-state index < -0.39 is 20.0 Å². The van der Waals surface area contributed by atoms with Crippen molar-refractivity contribution in [2.24, 2.45) is 0 Å². The molecule has 144 valence electrons. The molecule has 0 saturated carbocycles. The third-order valence-electron chi connectivity index (χ3n) is 4.08. The van der Waals surface area contributed by atoms with E-state index in [1.54, 1.807) is 13.8 Å². The van der Waals surface area contributed by atoms with Crippen LogP contribution in [0, 0.1) is 0 Å². The topological polar surface area (TPSA) is 95.6 Å². The summed E-state index contributed by atoms with van der Waals surface area (Å²) in [5.41, 5.74) is 0. The number of nitrogens with zero attached hydrogens (tertiary/aromatic N) is 1. The zero-order valence-corrected chi connectivity index (χ0v) is 16.9. The number of hydrogen-bond donors (Lipinski definition) is 2. The molecular weight excluding hydrogens is 386 g/mol. The van der Waals surface area contributed by atoms with Crippen molar-refractivity contribution in [2.75, 3.05) is 26.2 Å². The Morgan fingerprint density at radius 1 is 1.16 bits per heavy atom. The van der Waals surface area contributed by atoms with E-state index in [-0.39, 0.29) is 28.2 Å². The Labute approximate surface area is 156 Å². The van der Waals surface area contributed by atoms with E-state index in [0.29, 0.717) is 19.6 Å². The summed E-state index contributed by atoms with van der Waals surface area (Å²) in [7, 11) is -7.44. The minimum absolute atomic E-state index is 0. The standard InChI is InChI=1S/C15H25N3O4S2.ClH/c1-3-18(4-2)24(21,22)15-9-5-8-14(11-15)23(19,20)17-13-7-6-10-16-12-13;/h5,8-9,11,13,16-17H,3-4,6-7,10,12H2,1-2H3;1H/t13-;/m1./s1. The Morgan fingerprint density at radius 3 is 2.36 bits per heavy atom. The van der Waals surface area contributed by atoms with Crippen molar-refractivity contribution >= 4 is 32.5 Å². The number of rotatable bonds is 7. The number of sulfonamides is 2. The van der Waals surface area contributed by atoms with Gasteiger partial charge in [0.2, 0.25) is 20.0 Å². The molecule has 1 fully saturated rings. The highest BCUT2D eigenvalue weighted by molar-refractivity contribution is 7.90. The molecule has 1 aromatic rings. The van der Waals surface area contributed by atoms with Crippen LogP contribution >= 0.6 is 12.4 Å². The lowest BCUT2D eigenvalue weighted by molar-refractivity contribution is 0.428. The Hall–Kier alpha value is -0.710. The summed E-state index contributed by atoms with van der Waals surface area (Å²) in [5.74, 6) is 0. The predicted molar refractivity (Wildman–Crippen MR) is 100 cm³/mol. The molecule has 0 spiro atoms. The fourth-order valence-electron chi connectivity index (χ4n) is 2.75. The quantitative estimate of drug-likeness (QED) is 0.702. The zero-order chi connectivity index (χ0) is 17.8. The normalized spacial score (nSPS) is 18.8. The van der Waals surface area contributed by atoms with E-state index in [0.717, 1.165) is 19.4 Å². The lowest BCUT2D eigenvalue weighted by Crippen LogP contribution is -2.45. The Kier molecular flexibility index (Phi) is 8.30. The maximum Gasteiger partial charge on any atom is 0.243 e. The summed E-state index contributed by atoms with van der Waals surface area (Å²) in [4.78, 5) is -0.0304. The number of piperidine rings is 1. The van der Waals surface area contributed by atoms with Gasteiger partial charge < -0.3 is 5.32 Å². The van der Waals surface area contributed by atoms with Gasteiger partial charge in [-0.05, 0) is 37.6 Å². The van der Waals surface area contributed by atoms with Crippen LogP contribution in [-0.2, 0) is 20.0 Å². The second kappa shape index (κ2) is 9.29. The minimum atomic E-state index is -3.75. The molecule has 2 rings (SSSR count). The van der Waals surface area contributed by atoms with Crippen LogP contribution in [0.3, 0.4) is 0 Å². The SMILES string of the molecule is CCN(CC)S(=O)(=O)c1cccc(S(=O)(=O)N[C@@H]2CCCNC2)c1.Cl. The van der Waals surface area contributed by atoms with Crippen molar-refractivity contribution < 1.29 is 16.8 Å². The first kappa shape index (κ1) is 22.3. The van der Waals surface area contributed by atoms with Crippen LogP contribution in [0.25, 0.3) is 0 Å². The van der Waals surface area contributed by atoms with Crippen molar-refractivity contribution in [1.82, 2.24) is 14.3 Å². The lowest BCUT2D eigenvalue weighted by atomic mass is 10.1. The highest BCUT2D eigenvalue weighted by Gasteiger charge is 2.26. The van der Waals surface area contributed by atoms with Gasteiger partial charge in [0.25, 0.3) is 0 Å². The Bertz CT molecular complexity index is 759. The lowest BCUT2D eigenvalue weighted by Gasteiger charge is -2.24.